The third-order valence-corrected chi connectivity index (χ3v) is 3.76. The van der Waals surface area contributed by atoms with Gasteiger partial charge in [0, 0.05) is 41.4 Å². The molecule has 0 aliphatic rings. The lowest BCUT2D eigenvalue weighted by molar-refractivity contribution is 0.424. The molecule has 4 heteroatoms. The molecule has 1 aromatic carbocycles. The van der Waals surface area contributed by atoms with Crippen molar-refractivity contribution in [1.29, 1.82) is 0 Å². The maximum absolute atomic E-state index is 5.15. The monoisotopic (exact) mass is 350 g/mol. The van der Waals surface area contributed by atoms with E-state index in [0.717, 1.165) is 17.6 Å². The summed E-state index contributed by atoms with van der Waals surface area (Å²) in [5, 5.41) is 3.55. The fourth-order valence-corrected chi connectivity index (χ4v) is 2.49. The summed E-state index contributed by atoms with van der Waals surface area (Å²) in [5.74, 6) is 0. The lowest BCUT2D eigenvalue weighted by Gasteiger charge is -2.25. The molecular formula is C17H23BrN2O. The van der Waals surface area contributed by atoms with Crippen molar-refractivity contribution in [2.45, 2.75) is 39.4 Å². The van der Waals surface area contributed by atoms with Crippen LogP contribution in [0.25, 0.3) is 0 Å². The first-order chi connectivity index (χ1) is 9.85. The van der Waals surface area contributed by atoms with Crippen LogP contribution in [0.5, 0.6) is 0 Å². The number of nitrogens with one attached hydrogen (secondary N) is 1. The van der Waals surface area contributed by atoms with Gasteiger partial charge in [-0.05, 0) is 44.5 Å². The number of anilines is 1. The third-order valence-electron chi connectivity index (χ3n) is 3.27. The number of hydrogen-bond acceptors (Lipinski definition) is 3. The first-order valence-corrected chi connectivity index (χ1v) is 7.90. The Balaban J connectivity index is 2.18. The molecule has 0 atom stereocenters. The van der Waals surface area contributed by atoms with Crippen LogP contribution in [-0.4, -0.2) is 12.6 Å². The van der Waals surface area contributed by atoms with Crippen molar-refractivity contribution in [3.8, 4) is 0 Å². The number of rotatable bonds is 5. The molecule has 0 bridgehead atoms. The van der Waals surface area contributed by atoms with Gasteiger partial charge in [0.1, 0.15) is 0 Å². The standard InChI is InChI=1S/C17H23BrN2O/c1-17(2,3)19-10-14-5-6-15(18)9-16(14)20(4)11-13-7-8-21-12-13/h5-9,12,19H,10-11H2,1-4H3. The molecule has 0 unspecified atom stereocenters. The Bertz CT molecular complexity index is 573. The molecule has 0 aliphatic heterocycles. The van der Waals surface area contributed by atoms with Crippen molar-refractivity contribution in [1.82, 2.24) is 5.32 Å². The van der Waals surface area contributed by atoms with Crippen LogP contribution in [0.15, 0.2) is 45.7 Å². The minimum absolute atomic E-state index is 0.105. The van der Waals surface area contributed by atoms with Gasteiger partial charge in [0.05, 0.1) is 12.5 Å². The van der Waals surface area contributed by atoms with E-state index < -0.39 is 0 Å². The molecule has 0 fully saturated rings. The van der Waals surface area contributed by atoms with Gasteiger partial charge in [-0.25, -0.2) is 0 Å². The number of nitrogens with zero attached hydrogens (tertiary/aromatic N) is 1. The second-order valence-corrected chi connectivity index (χ2v) is 7.28. The van der Waals surface area contributed by atoms with Crippen LogP contribution in [0.2, 0.25) is 0 Å². The van der Waals surface area contributed by atoms with E-state index in [-0.39, 0.29) is 5.54 Å². The first kappa shape index (κ1) is 16.1. The smallest absolute Gasteiger partial charge is 0.0952 e. The Hall–Kier alpha value is -1.26. The maximum Gasteiger partial charge on any atom is 0.0952 e. The number of furan rings is 1. The predicted octanol–water partition coefficient (Wildman–Crippen LogP) is 4.57. The van der Waals surface area contributed by atoms with E-state index in [4.69, 9.17) is 4.42 Å². The lowest BCUT2D eigenvalue weighted by Crippen LogP contribution is -2.35. The molecule has 0 saturated carbocycles. The summed E-state index contributed by atoms with van der Waals surface area (Å²) < 4.78 is 6.24. The zero-order valence-corrected chi connectivity index (χ0v) is 14.7. The molecule has 3 nitrogen and oxygen atoms in total. The summed E-state index contributed by atoms with van der Waals surface area (Å²) in [5.41, 5.74) is 3.79. The fourth-order valence-electron chi connectivity index (χ4n) is 2.14. The van der Waals surface area contributed by atoms with E-state index in [1.165, 1.54) is 16.8 Å². The zero-order valence-electron chi connectivity index (χ0n) is 13.1. The van der Waals surface area contributed by atoms with Crippen molar-refractivity contribution >= 4 is 21.6 Å². The Morgan fingerprint density at radius 3 is 2.62 bits per heavy atom. The molecule has 2 rings (SSSR count). The molecule has 1 aromatic heterocycles. The largest absolute Gasteiger partial charge is 0.472 e. The first-order valence-electron chi connectivity index (χ1n) is 7.11. The zero-order chi connectivity index (χ0) is 15.5. The average Bonchev–Trinajstić information content (AvgIpc) is 2.89. The summed E-state index contributed by atoms with van der Waals surface area (Å²) in [6.07, 6.45) is 3.51. The highest BCUT2D eigenvalue weighted by molar-refractivity contribution is 9.10. The Morgan fingerprint density at radius 2 is 2.00 bits per heavy atom. The molecule has 0 amide bonds. The van der Waals surface area contributed by atoms with E-state index in [0.29, 0.717) is 0 Å². The summed E-state index contributed by atoms with van der Waals surface area (Å²) in [6.45, 7) is 8.22. The minimum Gasteiger partial charge on any atom is -0.472 e. The Labute approximate surface area is 135 Å². The van der Waals surface area contributed by atoms with Crippen LogP contribution in [0.4, 0.5) is 5.69 Å². The van der Waals surface area contributed by atoms with Crippen LogP contribution in [0.3, 0.4) is 0 Å². The molecule has 0 aliphatic carbocycles. The third kappa shape index (κ3) is 4.90. The van der Waals surface area contributed by atoms with Gasteiger partial charge in [0.2, 0.25) is 0 Å². The van der Waals surface area contributed by atoms with Gasteiger partial charge in [-0.3, -0.25) is 0 Å². The summed E-state index contributed by atoms with van der Waals surface area (Å²) in [4.78, 5) is 2.25. The van der Waals surface area contributed by atoms with E-state index in [2.05, 4.69) is 72.2 Å². The SMILES string of the molecule is CN(Cc1ccoc1)c1cc(Br)ccc1CNC(C)(C)C. The maximum atomic E-state index is 5.15. The molecule has 0 spiro atoms. The molecule has 21 heavy (non-hydrogen) atoms. The average molecular weight is 351 g/mol. The fraction of sp³-hybridized carbons (Fsp3) is 0.412. The number of benzene rings is 1. The van der Waals surface area contributed by atoms with Gasteiger partial charge < -0.3 is 14.6 Å². The number of halogens is 1. The van der Waals surface area contributed by atoms with Crippen LogP contribution in [0.1, 0.15) is 31.9 Å². The molecule has 1 heterocycles. The quantitative estimate of drug-likeness (QED) is 0.856. The summed E-state index contributed by atoms with van der Waals surface area (Å²) in [7, 11) is 2.11. The van der Waals surface area contributed by atoms with Crippen molar-refractivity contribution in [3.05, 3.63) is 52.4 Å². The van der Waals surface area contributed by atoms with Crippen molar-refractivity contribution in [2.24, 2.45) is 0 Å². The normalized spacial score (nSPS) is 11.7. The van der Waals surface area contributed by atoms with E-state index in [1.54, 1.807) is 12.5 Å². The molecular weight excluding hydrogens is 328 g/mol. The van der Waals surface area contributed by atoms with E-state index >= 15 is 0 Å². The van der Waals surface area contributed by atoms with Crippen molar-refractivity contribution in [3.63, 3.8) is 0 Å². The van der Waals surface area contributed by atoms with Crippen molar-refractivity contribution in [2.75, 3.05) is 11.9 Å². The topological polar surface area (TPSA) is 28.4 Å². The Morgan fingerprint density at radius 1 is 1.24 bits per heavy atom. The van der Waals surface area contributed by atoms with Gasteiger partial charge >= 0.3 is 0 Å². The second kappa shape index (κ2) is 6.67. The van der Waals surface area contributed by atoms with E-state index in [1.807, 2.05) is 6.07 Å². The van der Waals surface area contributed by atoms with Gasteiger partial charge in [-0.15, -0.1) is 0 Å². The molecule has 0 radical (unpaired) electrons. The van der Waals surface area contributed by atoms with Crippen LogP contribution in [-0.2, 0) is 13.1 Å². The van der Waals surface area contributed by atoms with Crippen LogP contribution in [0, 0.1) is 0 Å². The number of hydrogen-bond donors (Lipinski definition) is 1. The summed E-state index contributed by atoms with van der Waals surface area (Å²) in [6, 6.07) is 8.43. The Kier molecular flexibility index (Phi) is 5.12. The second-order valence-electron chi connectivity index (χ2n) is 6.36. The van der Waals surface area contributed by atoms with Crippen molar-refractivity contribution < 1.29 is 4.42 Å². The lowest BCUT2D eigenvalue weighted by atomic mass is 10.1. The van der Waals surface area contributed by atoms with Gasteiger partial charge in [-0.2, -0.15) is 0 Å². The predicted molar refractivity (Wildman–Crippen MR) is 91.5 cm³/mol. The van der Waals surface area contributed by atoms with Gasteiger partial charge in [0.15, 0.2) is 0 Å². The van der Waals surface area contributed by atoms with E-state index in [9.17, 15) is 0 Å². The highest BCUT2D eigenvalue weighted by Crippen LogP contribution is 2.26. The summed E-state index contributed by atoms with van der Waals surface area (Å²) >= 11 is 3.57. The molecule has 0 saturated heterocycles. The molecule has 1 N–H and O–H groups in total. The van der Waals surface area contributed by atoms with Crippen LogP contribution >= 0.6 is 15.9 Å². The highest BCUT2D eigenvalue weighted by atomic mass is 79.9. The van der Waals surface area contributed by atoms with Crippen LogP contribution < -0.4 is 10.2 Å². The minimum atomic E-state index is 0.105. The highest BCUT2D eigenvalue weighted by Gasteiger charge is 2.13. The van der Waals surface area contributed by atoms with Gasteiger partial charge in [0.25, 0.3) is 0 Å². The van der Waals surface area contributed by atoms with Gasteiger partial charge in [-0.1, -0.05) is 22.0 Å². The molecule has 114 valence electrons. The molecule has 2 aromatic rings.